The summed E-state index contributed by atoms with van der Waals surface area (Å²) in [5.41, 5.74) is 1.01. The number of aromatic nitrogens is 1. The Bertz CT molecular complexity index is 723. The van der Waals surface area contributed by atoms with E-state index >= 15 is 0 Å². The topological polar surface area (TPSA) is 79.3 Å². The highest BCUT2D eigenvalue weighted by molar-refractivity contribution is 7.13. The molecule has 1 aromatic heterocycles. The third-order valence-corrected chi connectivity index (χ3v) is 5.02. The molecule has 1 heterocycles. The maximum atomic E-state index is 12.3. The molecule has 0 aliphatic rings. The number of benzene rings is 1. The standard InChI is InChI=1S/C18H22N2O3S/c1-12-15(16(21)19-10-9-18(2,3)17(22)23)24-14(20-12)11-13-7-5-4-6-8-13/h4-8H,9-11H2,1-3H3,(H,19,21)(H,22,23). The highest BCUT2D eigenvalue weighted by atomic mass is 32.1. The predicted octanol–water partition coefficient (Wildman–Crippen LogP) is 3.27. The summed E-state index contributed by atoms with van der Waals surface area (Å²) in [5, 5.41) is 12.8. The molecule has 2 rings (SSSR count). The van der Waals surface area contributed by atoms with E-state index in [-0.39, 0.29) is 5.91 Å². The Morgan fingerprint density at radius 3 is 2.54 bits per heavy atom. The minimum atomic E-state index is -0.865. The molecular weight excluding hydrogens is 324 g/mol. The first-order chi connectivity index (χ1) is 11.3. The number of rotatable bonds is 7. The number of hydrogen-bond donors (Lipinski definition) is 2. The third kappa shape index (κ3) is 4.64. The van der Waals surface area contributed by atoms with Gasteiger partial charge in [-0.15, -0.1) is 11.3 Å². The van der Waals surface area contributed by atoms with E-state index in [0.29, 0.717) is 30.0 Å². The van der Waals surface area contributed by atoms with Crippen molar-refractivity contribution in [2.45, 2.75) is 33.6 Å². The first-order valence-corrected chi connectivity index (χ1v) is 8.63. The van der Waals surface area contributed by atoms with Gasteiger partial charge in [-0.05, 0) is 32.8 Å². The fourth-order valence-corrected chi connectivity index (χ4v) is 3.20. The number of nitrogens with one attached hydrogen (secondary N) is 1. The van der Waals surface area contributed by atoms with Crippen LogP contribution in [-0.4, -0.2) is 28.5 Å². The first-order valence-electron chi connectivity index (χ1n) is 7.81. The average molecular weight is 346 g/mol. The van der Waals surface area contributed by atoms with E-state index in [1.54, 1.807) is 13.8 Å². The van der Waals surface area contributed by atoms with Gasteiger partial charge in [0.1, 0.15) is 4.88 Å². The molecule has 5 nitrogen and oxygen atoms in total. The molecule has 128 valence electrons. The van der Waals surface area contributed by atoms with Crippen LogP contribution in [0.5, 0.6) is 0 Å². The molecule has 0 aliphatic heterocycles. The van der Waals surface area contributed by atoms with Gasteiger partial charge in [0.05, 0.1) is 16.1 Å². The Balaban J connectivity index is 1.97. The van der Waals surface area contributed by atoms with E-state index in [9.17, 15) is 9.59 Å². The Kier molecular flexibility index (Phi) is 5.72. The zero-order valence-electron chi connectivity index (χ0n) is 14.1. The average Bonchev–Trinajstić information content (AvgIpc) is 2.88. The van der Waals surface area contributed by atoms with Crippen molar-refractivity contribution in [2.24, 2.45) is 5.41 Å². The fraction of sp³-hybridized carbons (Fsp3) is 0.389. The number of aryl methyl sites for hydroxylation is 1. The first kappa shape index (κ1) is 18.1. The van der Waals surface area contributed by atoms with Gasteiger partial charge in [-0.3, -0.25) is 9.59 Å². The van der Waals surface area contributed by atoms with Crippen molar-refractivity contribution in [1.29, 1.82) is 0 Å². The van der Waals surface area contributed by atoms with Crippen molar-refractivity contribution < 1.29 is 14.7 Å². The monoisotopic (exact) mass is 346 g/mol. The highest BCUT2D eigenvalue weighted by Gasteiger charge is 2.27. The second kappa shape index (κ2) is 7.57. The number of carbonyl (C=O) groups excluding carboxylic acids is 1. The number of thiazole rings is 1. The molecule has 6 heteroatoms. The summed E-state index contributed by atoms with van der Waals surface area (Å²) in [6.07, 6.45) is 1.08. The van der Waals surface area contributed by atoms with E-state index < -0.39 is 11.4 Å². The molecule has 0 unspecified atom stereocenters. The summed E-state index contributed by atoms with van der Waals surface area (Å²) in [7, 11) is 0. The lowest BCUT2D eigenvalue weighted by molar-refractivity contribution is -0.147. The number of hydrogen-bond acceptors (Lipinski definition) is 4. The fourth-order valence-electron chi connectivity index (χ4n) is 2.18. The number of carboxylic acids is 1. The normalized spacial score (nSPS) is 11.3. The van der Waals surface area contributed by atoms with Crippen LogP contribution in [0, 0.1) is 12.3 Å². The van der Waals surface area contributed by atoms with Crippen molar-refractivity contribution in [2.75, 3.05) is 6.54 Å². The van der Waals surface area contributed by atoms with Gasteiger partial charge in [-0.1, -0.05) is 30.3 Å². The summed E-state index contributed by atoms with van der Waals surface area (Å²) in [6.45, 7) is 5.44. The van der Waals surface area contributed by atoms with Crippen LogP contribution in [0.1, 0.15) is 46.2 Å². The van der Waals surface area contributed by atoms with Gasteiger partial charge < -0.3 is 10.4 Å². The van der Waals surface area contributed by atoms with E-state index in [4.69, 9.17) is 5.11 Å². The van der Waals surface area contributed by atoms with Crippen molar-refractivity contribution in [3.05, 3.63) is 51.5 Å². The Morgan fingerprint density at radius 1 is 1.25 bits per heavy atom. The molecule has 0 radical (unpaired) electrons. The maximum absolute atomic E-state index is 12.3. The quantitative estimate of drug-likeness (QED) is 0.806. The SMILES string of the molecule is Cc1nc(Cc2ccccc2)sc1C(=O)NCCC(C)(C)C(=O)O. The van der Waals surface area contributed by atoms with Crippen LogP contribution in [0.2, 0.25) is 0 Å². The predicted molar refractivity (Wildman–Crippen MR) is 94.5 cm³/mol. The number of aliphatic carboxylic acids is 1. The van der Waals surface area contributed by atoms with Crippen molar-refractivity contribution >= 4 is 23.2 Å². The van der Waals surface area contributed by atoms with E-state index in [1.165, 1.54) is 11.3 Å². The van der Waals surface area contributed by atoms with E-state index in [2.05, 4.69) is 10.3 Å². The van der Waals surface area contributed by atoms with Crippen LogP contribution < -0.4 is 5.32 Å². The lowest BCUT2D eigenvalue weighted by Crippen LogP contribution is -2.31. The molecule has 1 aromatic carbocycles. The van der Waals surface area contributed by atoms with E-state index in [0.717, 1.165) is 10.6 Å². The summed E-state index contributed by atoms with van der Waals surface area (Å²) < 4.78 is 0. The van der Waals surface area contributed by atoms with Crippen molar-refractivity contribution in [1.82, 2.24) is 10.3 Å². The van der Waals surface area contributed by atoms with Crippen LogP contribution in [0.4, 0.5) is 0 Å². The van der Waals surface area contributed by atoms with Gasteiger partial charge >= 0.3 is 5.97 Å². The largest absolute Gasteiger partial charge is 0.481 e. The highest BCUT2D eigenvalue weighted by Crippen LogP contribution is 2.22. The smallest absolute Gasteiger partial charge is 0.309 e. The van der Waals surface area contributed by atoms with Crippen molar-refractivity contribution in [3.63, 3.8) is 0 Å². The molecule has 0 saturated heterocycles. The Labute approximate surface area is 145 Å². The van der Waals surface area contributed by atoms with Crippen LogP contribution in [0.3, 0.4) is 0 Å². The van der Waals surface area contributed by atoms with E-state index in [1.807, 2.05) is 37.3 Å². The second-order valence-electron chi connectivity index (χ2n) is 6.38. The molecule has 2 aromatic rings. The number of nitrogens with zero attached hydrogens (tertiary/aromatic N) is 1. The van der Waals surface area contributed by atoms with Gasteiger partial charge in [0, 0.05) is 13.0 Å². The minimum Gasteiger partial charge on any atom is -0.481 e. The van der Waals surface area contributed by atoms with Gasteiger partial charge in [-0.2, -0.15) is 0 Å². The van der Waals surface area contributed by atoms with Crippen LogP contribution in [0.25, 0.3) is 0 Å². The van der Waals surface area contributed by atoms with Gasteiger partial charge in [-0.25, -0.2) is 4.98 Å². The third-order valence-electron chi connectivity index (χ3n) is 3.86. The lowest BCUT2D eigenvalue weighted by atomic mass is 9.90. The zero-order valence-corrected chi connectivity index (χ0v) is 14.9. The zero-order chi connectivity index (χ0) is 17.7. The number of carbonyl (C=O) groups is 2. The summed E-state index contributed by atoms with van der Waals surface area (Å²) in [6, 6.07) is 9.99. The van der Waals surface area contributed by atoms with Crippen LogP contribution in [0.15, 0.2) is 30.3 Å². The molecule has 0 saturated carbocycles. The molecule has 0 fully saturated rings. The van der Waals surface area contributed by atoms with Crippen LogP contribution >= 0.6 is 11.3 Å². The molecule has 0 bridgehead atoms. The maximum Gasteiger partial charge on any atom is 0.309 e. The van der Waals surface area contributed by atoms with Crippen LogP contribution in [-0.2, 0) is 11.2 Å². The number of amides is 1. The molecular formula is C18H22N2O3S. The molecule has 0 atom stereocenters. The van der Waals surface area contributed by atoms with Gasteiger partial charge in [0.2, 0.25) is 0 Å². The molecule has 24 heavy (non-hydrogen) atoms. The number of carboxylic acid groups (broad SMARTS) is 1. The Morgan fingerprint density at radius 2 is 1.92 bits per heavy atom. The molecule has 2 N–H and O–H groups in total. The van der Waals surface area contributed by atoms with Gasteiger partial charge in [0.25, 0.3) is 5.91 Å². The summed E-state index contributed by atoms with van der Waals surface area (Å²) >= 11 is 1.39. The summed E-state index contributed by atoms with van der Waals surface area (Å²) in [5.74, 6) is -1.05. The second-order valence-corrected chi connectivity index (χ2v) is 7.46. The lowest BCUT2D eigenvalue weighted by Gasteiger charge is -2.18. The molecule has 0 spiro atoms. The molecule has 1 amide bonds. The minimum absolute atomic E-state index is 0.189. The molecule has 0 aliphatic carbocycles. The summed E-state index contributed by atoms with van der Waals surface area (Å²) in [4.78, 5) is 28.4. The Hall–Kier alpha value is -2.21. The van der Waals surface area contributed by atoms with Gasteiger partial charge in [0.15, 0.2) is 0 Å². The van der Waals surface area contributed by atoms with Crippen molar-refractivity contribution in [3.8, 4) is 0 Å².